The second-order valence-corrected chi connectivity index (χ2v) is 10.1. The highest BCUT2D eigenvalue weighted by Crippen LogP contribution is 2.20. The predicted molar refractivity (Wildman–Crippen MR) is 127 cm³/mol. The average Bonchev–Trinajstić information content (AvgIpc) is 3.44. The number of pyridine rings is 1. The van der Waals surface area contributed by atoms with Gasteiger partial charge in [0.1, 0.15) is 0 Å². The third-order valence-electron chi connectivity index (χ3n) is 5.54. The Morgan fingerprint density at radius 2 is 1.82 bits per heavy atom. The van der Waals surface area contributed by atoms with E-state index in [1.165, 1.54) is 4.40 Å². The zero-order chi connectivity index (χ0) is 23.4. The minimum Gasteiger partial charge on any atom is -0.340 e. The number of amides is 1. The van der Waals surface area contributed by atoms with Crippen molar-refractivity contribution in [2.75, 3.05) is 19.8 Å². The van der Waals surface area contributed by atoms with Gasteiger partial charge < -0.3 is 4.90 Å². The highest BCUT2D eigenvalue weighted by molar-refractivity contribution is 7.90. The second-order valence-electron chi connectivity index (χ2n) is 8.15. The van der Waals surface area contributed by atoms with Crippen molar-refractivity contribution in [1.29, 1.82) is 0 Å². The van der Waals surface area contributed by atoms with Crippen LogP contribution in [0, 0.1) is 0 Å². The Bertz CT molecular complexity index is 1360. The Kier molecular flexibility index (Phi) is 6.60. The summed E-state index contributed by atoms with van der Waals surface area (Å²) in [6, 6.07) is 17.3. The molecule has 0 aliphatic rings. The van der Waals surface area contributed by atoms with Crippen LogP contribution in [0.15, 0.2) is 66.0 Å². The first-order valence-corrected chi connectivity index (χ1v) is 12.8. The van der Waals surface area contributed by atoms with Crippen molar-refractivity contribution in [3.8, 4) is 11.3 Å². The minimum atomic E-state index is -3.56. The number of rotatable bonds is 9. The van der Waals surface area contributed by atoms with E-state index in [0.717, 1.165) is 48.9 Å². The zero-order valence-electron chi connectivity index (χ0n) is 18.7. The Morgan fingerprint density at radius 1 is 1.06 bits per heavy atom. The van der Waals surface area contributed by atoms with E-state index in [2.05, 4.69) is 21.2 Å². The van der Waals surface area contributed by atoms with Crippen LogP contribution in [-0.2, 0) is 16.3 Å². The first kappa shape index (κ1) is 22.7. The molecular formula is C24H27N5O3S. The lowest BCUT2D eigenvalue weighted by Gasteiger charge is -2.16. The van der Waals surface area contributed by atoms with Crippen molar-refractivity contribution >= 4 is 21.3 Å². The first-order chi connectivity index (χ1) is 15.8. The number of sulfone groups is 1. The molecule has 0 aliphatic carbocycles. The molecule has 1 amide bonds. The molecule has 0 bridgehead atoms. The van der Waals surface area contributed by atoms with Crippen LogP contribution in [0.25, 0.3) is 16.8 Å². The molecule has 0 radical (unpaired) electrons. The second kappa shape index (κ2) is 9.58. The average molecular weight is 466 g/mol. The molecule has 3 aromatic heterocycles. The molecule has 0 fully saturated rings. The molecule has 33 heavy (non-hydrogen) atoms. The number of H-pyrrole nitrogens is 1. The number of nitrogens with one attached hydrogen (secondary N) is 1. The Hall–Kier alpha value is -3.46. The number of hydrogen-bond acceptors (Lipinski definition) is 5. The molecule has 0 spiro atoms. The molecule has 0 unspecified atom stereocenters. The number of imidazole rings is 1. The van der Waals surface area contributed by atoms with E-state index in [-0.39, 0.29) is 16.8 Å². The predicted octanol–water partition coefficient (Wildman–Crippen LogP) is 3.61. The third kappa shape index (κ3) is 5.14. The number of hydrogen-bond donors (Lipinski definition) is 1. The number of aryl methyl sites for hydroxylation is 1. The summed E-state index contributed by atoms with van der Waals surface area (Å²) in [5.74, 6) is -0.283. The van der Waals surface area contributed by atoms with Crippen molar-refractivity contribution < 1.29 is 13.2 Å². The maximum absolute atomic E-state index is 13.0. The molecule has 9 heteroatoms. The first-order valence-electron chi connectivity index (χ1n) is 10.9. The topological polar surface area (TPSA) is 100 Å². The van der Waals surface area contributed by atoms with Gasteiger partial charge >= 0.3 is 0 Å². The van der Waals surface area contributed by atoms with Gasteiger partial charge in [0.2, 0.25) is 15.0 Å². The van der Waals surface area contributed by atoms with Crippen LogP contribution in [-0.4, -0.2) is 58.7 Å². The lowest BCUT2D eigenvalue weighted by molar-refractivity contribution is 0.0789. The summed E-state index contributed by atoms with van der Waals surface area (Å²) < 4.78 is 25.6. The molecule has 4 aromatic rings. The van der Waals surface area contributed by atoms with Gasteiger partial charge in [0.25, 0.3) is 5.91 Å². The zero-order valence-corrected chi connectivity index (χ0v) is 19.5. The van der Waals surface area contributed by atoms with Crippen LogP contribution in [0.2, 0.25) is 0 Å². The highest BCUT2D eigenvalue weighted by Gasteiger charge is 2.24. The fourth-order valence-corrected chi connectivity index (χ4v) is 4.57. The van der Waals surface area contributed by atoms with E-state index in [1.807, 2.05) is 30.3 Å². The summed E-state index contributed by atoms with van der Waals surface area (Å²) in [7, 11) is -1.84. The van der Waals surface area contributed by atoms with Crippen LogP contribution >= 0.6 is 0 Å². The lowest BCUT2D eigenvalue weighted by Crippen LogP contribution is -2.28. The largest absolute Gasteiger partial charge is 0.340 e. The quantitative estimate of drug-likeness (QED) is 0.381. The molecule has 0 aliphatic heterocycles. The van der Waals surface area contributed by atoms with Gasteiger partial charge in [-0.05, 0) is 37.5 Å². The van der Waals surface area contributed by atoms with Crippen LogP contribution in [0.4, 0.5) is 0 Å². The van der Waals surface area contributed by atoms with Gasteiger partial charge in [-0.15, -0.1) is 0 Å². The number of benzene rings is 1. The highest BCUT2D eigenvalue weighted by atomic mass is 32.2. The molecule has 4 rings (SSSR count). The molecule has 0 atom stereocenters. The van der Waals surface area contributed by atoms with Gasteiger partial charge in [-0.1, -0.05) is 42.8 Å². The van der Waals surface area contributed by atoms with Crippen LogP contribution in [0.5, 0.6) is 0 Å². The van der Waals surface area contributed by atoms with Crippen molar-refractivity contribution in [2.24, 2.45) is 0 Å². The van der Waals surface area contributed by atoms with Gasteiger partial charge in [0.05, 0.1) is 11.2 Å². The molecule has 8 nitrogen and oxygen atoms in total. The molecule has 1 aromatic carbocycles. The molecule has 0 saturated heterocycles. The summed E-state index contributed by atoms with van der Waals surface area (Å²) in [5.41, 5.74) is 3.77. The van der Waals surface area contributed by atoms with Crippen molar-refractivity contribution in [3.05, 3.63) is 72.2 Å². The standard InChI is InChI=1S/C24H27N5O3S/c1-28(23(30)22-21-14-8-10-16-29(21)24(25-22)33(2,31)32)15-9-4-7-13-19-17-20(27-26-19)18-11-5-3-6-12-18/h3,5-6,8,10-12,14,16-17H,4,7,9,13,15H2,1-2H3,(H,26,27). The third-order valence-corrected chi connectivity index (χ3v) is 6.49. The number of aromatic nitrogens is 4. The molecule has 172 valence electrons. The van der Waals surface area contributed by atoms with E-state index in [4.69, 9.17) is 0 Å². The molecular weight excluding hydrogens is 438 g/mol. The normalized spacial score (nSPS) is 11.7. The summed E-state index contributed by atoms with van der Waals surface area (Å²) >= 11 is 0. The maximum atomic E-state index is 13.0. The molecule has 1 N–H and O–H groups in total. The van der Waals surface area contributed by atoms with E-state index in [0.29, 0.717) is 12.1 Å². The molecule has 0 saturated carbocycles. The summed E-state index contributed by atoms with van der Waals surface area (Å²) in [6.07, 6.45) is 6.36. The van der Waals surface area contributed by atoms with E-state index >= 15 is 0 Å². The van der Waals surface area contributed by atoms with Gasteiger partial charge in [-0.3, -0.25) is 14.3 Å². The van der Waals surface area contributed by atoms with Crippen molar-refractivity contribution in [2.45, 2.75) is 30.8 Å². The number of carbonyl (C=O) groups is 1. The lowest BCUT2D eigenvalue weighted by atomic mass is 10.1. The van der Waals surface area contributed by atoms with Crippen LogP contribution < -0.4 is 0 Å². The number of nitrogens with zero attached hydrogens (tertiary/aromatic N) is 4. The smallest absolute Gasteiger partial charge is 0.274 e. The van der Waals surface area contributed by atoms with Crippen LogP contribution in [0.3, 0.4) is 0 Å². The fourth-order valence-electron chi connectivity index (χ4n) is 3.80. The van der Waals surface area contributed by atoms with Crippen molar-refractivity contribution in [1.82, 2.24) is 24.5 Å². The fraction of sp³-hybridized carbons (Fsp3) is 0.292. The van der Waals surface area contributed by atoms with Gasteiger partial charge in [-0.25, -0.2) is 13.4 Å². The maximum Gasteiger partial charge on any atom is 0.274 e. The van der Waals surface area contributed by atoms with E-state index in [9.17, 15) is 13.2 Å². The van der Waals surface area contributed by atoms with E-state index < -0.39 is 9.84 Å². The Morgan fingerprint density at radius 3 is 2.58 bits per heavy atom. The SMILES string of the molecule is CN(CCCCCc1cc(-c2ccccc2)n[nH]1)C(=O)c1nc(S(C)(=O)=O)n2ccccc12. The van der Waals surface area contributed by atoms with Gasteiger partial charge in [0.15, 0.2) is 5.69 Å². The summed E-state index contributed by atoms with van der Waals surface area (Å²) in [6.45, 7) is 0.567. The Balaban J connectivity index is 1.31. The Labute approximate surface area is 193 Å². The van der Waals surface area contributed by atoms with Crippen LogP contribution in [0.1, 0.15) is 35.4 Å². The number of unbranched alkanes of at least 4 members (excludes halogenated alkanes) is 2. The van der Waals surface area contributed by atoms with Gasteiger partial charge in [0, 0.05) is 37.3 Å². The minimum absolute atomic E-state index is 0.121. The summed E-state index contributed by atoms with van der Waals surface area (Å²) in [5, 5.41) is 7.36. The number of carbonyl (C=O) groups excluding carboxylic acids is 1. The number of fused-ring (bicyclic) bond motifs is 1. The molecule has 3 heterocycles. The monoisotopic (exact) mass is 465 g/mol. The summed E-state index contributed by atoms with van der Waals surface area (Å²) in [4.78, 5) is 18.7. The van der Waals surface area contributed by atoms with Gasteiger partial charge in [-0.2, -0.15) is 5.10 Å². The van der Waals surface area contributed by atoms with Crippen molar-refractivity contribution in [3.63, 3.8) is 0 Å². The van der Waals surface area contributed by atoms with E-state index in [1.54, 1.807) is 36.3 Å². The number of aromatic amines is 1.